The molecule has 1 aromatic rings. The number of ether oxygens (including phenoxy) is 1. The van der Waals surface area contributed by atoms with Crippen LogP contribution in [0.3, 0.4) is 0 Å². The number of aryl methyl sites for hydroxylation is 1. The normalized spacial score (nSPS) is 10.5. The lowest BCUT2D eigenvalue weighted by atomic mass is 10.3. The van der Waals surface area contributed by atoms with Gasteiger partial charge in [0.1, 0.15) is 0 Å². The van der Waals surface area contributed by atoms with Gasteiger partial charge in [0, 0.05) is 46.4 Å². The van der Waals surface area contributed by atoms with Gasteiger partial charge in [-0.2, -0.15) is 0 Å². The van der Waals surface area contributed by atoms with E-state index in [0.717, 1.165) is 12.2 Å². The van der Waals surface area contributed by atoms with Crippen LogP contribution in [-0.4, -0.2) is 42.3 Å². The average Bonchev–Trinajstić information content (AvgIpc) is 2.71. The molecule has 0 spiro atoms. The second kappa shape index (κ2) is 7.81. The summed E-state index contributed by atoms with van der Waals surface area (Å²) in [6.45, 7) is 2.50. The van der Waals surface area contributed by atoms with Crippen molar-refractivity contribution in [1.29, 1.82) is 0 Å². The number of carbonyl (C=O) groups excluding carboxylic acids is 1. The predicted octanol–water partition coefficient (Wildman–Crippen LogP) is -0.338. The largest absolute Gasteiger partial charge is 0.383 e. The first kappa shape index (κ1) is 13.7. The average molecular weight is 240 g/mol. The van der Waals surface area contributed by atoms with Gasteiger partial charge in [0.15, 0.2) is 0 Å². The van der Waals surface area contributed by atoms with Gasteiger partial charge in [-0.1, -0.05) is 0 Å². The van der Waals surface area contributed by atoms with Crippen LogP contribution >= 0.6 is 0 Å². The van der Waals surface area contributed by atoms with Gasteiger partial charge < -0.3 is 19.9 Å². The summed E-state index contributed by atoms with van der Waals surface area (Å²) >= 11 is 0. The minimum Gasteiger partial charge on any atom is -0.383 e. The summed E-state index contributed by atoms with van der Waals surface area (Å²) in [6.07, 6.45) is 4.04. The van der Waals surface area contributed by atoms with Gasteiger partial charge in [0.05, 0.1) is 18.6 Å². The molecular weight excluding hydrogens is 220 g/mol. The van der Waals surface area contributed by atoms with E-state index in [-0.39, 0.29) is 5.91 Å². The van der Waals surface area contributed by atoms with Crippen molar-refractivity contribution in [2.45, 2.75) is 13.0 Å². The van der Waals surface area contributed by atoms with Crippen LogP contribution < -0.4 is 10.6 Å². The molecule has 1 amide bonds. The number of methoxy groups -OCH3 is 1. The van der Waals surface area contributed by atoms with Crippen molar-refractivity contribution < 1.29 is 9.53 Å². The summed E-state index contributed by atoms with van der Waals surface area (Å²) in [5.41, 5.74) is 1.10. The zero-order valence-electron chi connectivity index (χ0n) is 10.4. The van der Waals surface area contributed by atoms with Crippen LogP contribution in [0.25, 0.3) is 0 Å². The summed E-state index contributed by atoms with van der Waals surface area (Å²) in [5.74, 6) is 0.0413. The van der Waals surface area contributed by atoms with Gasteiger partial charge in [-0.05, 0) is 0 Å². The maximum Gasteiger partial charge on any atom is 0.221 e. The van der Waals surface area contributed by atoms with Crippen molar-refractivity contribution in [3.05, 3.63) is 18.2 Å². The van der Waals surface area contributed by atoms with Crippen LogP contribution in [0.5, 0.6) is 0 Å². The number of amides is 1. The molecule has 6 heteroatoms. The fourth-order valence-electron chi connectivity index (χ4n) is 1.35. The zero-order chi connectivity index (χ0) is 12.5. The predicted molar refractivity (Wildman–Crippen MR) is 64.4 cm³/mol. The van der Waals surface area contributed by atoms with Crippen molar-refractivity contribution in [1.82, 2.24) is 20.2 Å². The van der Waals surface area contributed by atoms with Gasteiger partial charge >= 0.3 is 0 Å². The molecule has 96 valence electrons. The minimum atomic E-state index is 0.0413. The first-order valence-electron chi connectivity index (χ1n) is 5.65. The third kappa shape index (κ3) is 5.46. The quantitative estimate of drug-likeness (QED) is 0.610. The molecule has 1 rings (SSSR count). The Labute approximate surface area is 101 Å². The number of imidazole rings is 1. The Morgan fingerprint density at radius 1 is 1.53 bits per heavy atom. The summed E-state index contributed by atoms with van der Waals surface area (Å²) in [5, 5.41) is 5.96. The zero-order valence-corrected chi connectivity index (χ0v) is 10.4. The smallest absolute Gasteiger partial charge is 0.221 e. The maximum atomic E-state index is 11.3. The first-order valence-corrected chi connectivity index (χ1v) is 5.65. The van der Waals surface area contributed by atoms with E-state index in [2.05, 4.69) is 15.6 Å². The Morgan fingerprint density at radius 2 is 2.35 bits per heavy atom. The SMILES string of the molecule is COCCNC(=O)CCNCc1cncn1C. The highest BCUT2D eigenvalue weighted by Crippen LogP contribution is 1.94. The van der Waals surface area contributed by atoms with E-state index in [4.69, 9.17) is 4.74 Å². The number of carbonyl (C=O) groups is 1. The molecule has 0 unspecified atom stereocenters. The fourth-order valence-corrected chi connectivity index (χ4v) is 1.35. The van der Waals surface area contributed by atoms with Crippen molar-refractivity contribution in [2.24, 2.45) is 7.05 Å². The molecule has 0 radical (unpaired) electrons. The molecule has 6 nitrogen and oxygen atoms in total. The van der Waals surface area contributed by atoms with E-state index >= 15 is 0 Å². The monoisotopic (exact) mass is 240 g/mol. The Morgan fingerprint density at radius 3 is 3.00 bits per heavy atom. The van der Waals surface area contributed by atoms with Gasteiger partial charge in [-0.3, -0.25) is 4.79 Å². The molecule has 0 aromatic carbocycles. The molecule has 1 heterocycles. The van der Waals surface area contributed by atoms with Crippen LogP contribution in [0, 0.1) is 0 Å². The molecule has 2 N–H and O–H groups in total. The molecule has 0 fully saturated rings. The molecule has 0 bridgehead atoms. The number of hydrogen-bond donors (Lipinski definition) is 2. The third-order valence-electron chi connectivity index (χ3n) is 2.38. The Kier molecular flexibility index (Phi) is 6.27. The van der Waals surface area contributed by atoms with E-state index in [1.807, 2.05) is 17.8 Å². The van der Waals surface area contributed by atoms with E-state index in [1.54, 1.807) is 13.4 Å². The van der Waals surface area contributed by atoms with Gasteiger partial charge in [0.25, 0.3) is 0 Å². The second-order valence-corrected chi connectivity index (χ2v) is 3.77. The van der Waals surface area contributed by atoms with E-state index in [1.165, 1.54) is 0 Å². The fraction of sp³-hybridized carbons (Fsp3) is 0.636. The molecule has 17 heavy (non-hydrogen) atoms. The molecule has 1 aromatic heterocycles. The number of hydrogen-bond acceptors (Lipinski definition) is 4. The molecule has 0 saturated heterocycles. The van der Waals surface area contributed by atoms with Crippen molar-refractivity contribution >= 4 is 5.91 Å². The highest BCUT2D eigenvalue weighted by Gasteiger charge is 2.01. The van der Waals surface area contributed by atoms with Crippen LogP contribution in [0.4, 0.5) is 0 Å². The minimum absolute atomic E-state index is 0.0413. The van der Waals surface area contributed by atoms with Gasteiger partial charge in [0.2, 0.25) is 5.91 Å². The molecule has 0 aliphatic carbocycles. The lowest BCUT2D eigenvalue weighted by Gasteiger charge is -2.06. The van der Waals surface area contributed by atoms with Crippen molar-refractivity contribution in [3.8, 4) is 0 Å². The van der Waals surface area contributed by atoms with E-state index < -0.39 is 0 Å². The highest BCUT2D eigenvalue weighted by molar-refractivity contribution is 5.75. The van der Waals surface area contributed by atoms with Crippen LogP contribution in [0.15, 0.2) is 12.5 Å². The van der Waals surface area contributed by atoms with Crippen LogP contribution in [0.1, 0.15) is 12.1 Å². The summed E-state index contributed by atoms with van der Waals surface area (Å²) < 4.78 is 6.79. The molecule has 0 saturated carbocycles. The van der Waals surface area contributed by atoms with E-state index in [0.29, 0.717) is 26.1 Å². The Hall–Kier alpha value is -1.40. The van der Waals surface area contributed by atoms with Gasteiger partial charge in [-0.15, -0.1) is 0 Å². The summed E-state index contributed by atoms with van der Waals surface area (Å²) in [4.78, 5) is 15.3. The lowest BCUT2D eigenvalue weighted by molar-refractivity contribution is -0.121. The standard InChI is InChI=1S/C11H20N4O2/c1-15-9-13-8-10(15)7-12-4-3-11(16)14-5-6-17-2/h8-9,12H,3-7H2,1-2H3,(H,14,16). The van der Waals surface area contributed by atoms with Crippen molar-refractivity contribution in [3.63, 3.8) is 0 Å². The number of nitrogens with one attached hydrogen (secondary N) is 2. The molecule has 0 aliphatic heterocycles. The van der Waals surface area contributed by atoms with Crippen LogP contribution in [-0.2, 0) is 23.1 Å². The Bertz CT molecular complexity index is 338. The summed E-state index contributed by atoms with van der Waals surface area (Å²) in [7, 11) is 3.56. The lowest BCUT2D eigenvalue weighted by Crippen LogP contribution is -2.30. The van der Waals surface area contributed by atoms with Crippen LogP contribution in [0.2, 0.25) is 0 Å². The third-order valence-corrected chi connectivity index (χ3v) is 2.38. The molecular formula is C11H20N4O2. The van der Waals surface area contributed by atoms with Crippen molar-refractivity contribution in [2.75, 3.05) is 26.8 Å². The number of aromatic nitrogens is 2. The Balaban J connectivity index is 2.04. The highest BCUT2D eigenvalue weighted by atomic mass is 16.5. The van der Waals surface area contributed by atoms with E-state index in [9.17, 15) is 4.79 Å². The number of rotatable bonds is 8. The molecule has 0 aliphatic rings. The summed E-state index contributed by atoms with van der Waals surface area (Å²) in [6, 6.07) is 0. The topological polar surface area (TPSA) is 68.2 Å². The molecule has 0 atom stereocenters. The number of nitrogens with zero attached hydrogens (tertiary/aromatic N) is 2. The second-order valence-electron chi connectivity index (χ2n) is 3.77. The van der Waals surface area contributed by atoms with Gasteiger partial charge in [-0.25, -0.2) is 4.98 Å². The first-order chi connectivity index (χ1) is 8.24. The maximum absolute atomic E-state index is 11.3.